The molecule has 1 heterocycles. The van der Waals surface area contributed by atoms with Crippen molar-refractivity contribution in [1.29, 1.82) is 0 Å². The first kappa shape index (κ1) is 17.5. The number of unbranched alkanes of at least 4 members (excludes halogenated alkanes) is 1. The van der Waals surface area contributed by atoms with E-state index >= 15 is 0 Å². The number of fused-ring (bicyclic) bond motifs is 1. The average Bonchev–Trinajstić information content (AvgIpc) is 3.17. The second-order valence-electron chi connectivity index (χ2n) is 7.04. The zero-order valence-electron chi connectivity index (χ0n) is 14.7. The Morgan fingerprint density at radius 1 is 1.44 bits per heavy atom. The standard InChI is InChI=1S/C19H24N2O4/c1-3-4-5-17(25-2)11-19-10-15(19)12-20(13-19)18(22)14-6-8-16(9-7-14)21(23)24/h6-9,11,15H,3-5,10,12-13H2,1-2H3/b17-11-. The van der Waals surface area contributed by atoms with Gasteiger partial charge in [-0.1, -0.05) is 13.3 Å². The van der Waals surface area contributed by atoms with Gasteiger partial charge >= 0.3 is 0 Å². The predicted molar refractivity (Wildman–Crippen MR) is 94.2 cm³/mol. The summed E-state index contributed by atoms with van der Waals surface area (Å²) in [5.41, 5.74) is 0.570. The number of carbonyl (C=O) groups excluding carboxylic acids is 1. The van der Waals surface area contributed by atoms with Gasteiger partial charge in [0, 0.05) is 42.6 Å². The number of hydrogen-bond acceptors (Lipinski definition) is 4. The molecule has 1 aromatic carbocycles. The number of amides is 1. The van der Waals surface area contributed by atoms with Crippen LogP contribution in [0, 0.1) is 21.4 Å². The minimum atomic E-state index is -0.457. The lowest BCUT2D eigenvalue weighted by atomic mass is 10.0. The number of methoxy groups -OCH3 is 1. The summed E-state index contributed by atoms with van der Waals surface area (Å²) >= 11 is 0. The van der Waals surface area contributed by atoms with Gasteiger partial charge in [0.15, 0.2) is 0 Å². The van der Waals surface area contributed by atoms with Gasteiger partial charge in [0.1, 0.15) is 0 Å². The summed E-state index contributed by atoms with van der Waals surface area (Å²) in [6.07, 6.45) is 6.51. The Bertz CT molecular complexity index is 698. The molecule has 6 nitrogen and oxygen atoms in total. The Balaban J connectivity index is 1.67. The Labute approximate surface area is 147 Å². The summed E-state index contributed by atoms with van der Waals surface area (Å²) in [5.74, 6) is 1.47. The number of piperidine rings is 1. The van der Waals surface area contributed by atoms with E-state index in [9.17, 15) is 14.9 Å². The fourth-order valence-electron chi connectivity index (χ4n) is 3.72. The molecule has 0 bridgehead atoms. The molecule has 1 amide bonds. The third-order valence-electron chi connectivity index (χ3n) is 5.31. The number of carbonyl (C=O) groups is 1. The number of nitrogens with zero attached hydrogens (tertiary/aromatic N) is 2. The number of allylic oxidation sites excluding steroid dienone is 1. The molecular formula is C19H24N2O4. The largest absolute Gasteiger partial charge is 0.501 e. The number of nitro benzene ring substituents is 1. The molecule has 2 unspecified atom stereocenters. The van der Waals surface area contributed by atoms with E-state index < -0.39 is 4.92 Å². The summed E-state index contributed by atoms with van der Waals surface area (Å²) in [5, 5.41) is 10.7. The monoisotopic (exact) mass is 344 g/mol. The number of hydrogen-bond donors (Lipinski definition) is 0. The van der Waals surface area contributed by atoms with E-state index in [4.69, 9.17) is 4.74 Å². The maximum Gasteiger partial charge on any atom is 0.269 e. The summed E-state index contributed by atoms with van der Waals surface area (Å²) < 4.78 is 5.52. The van der Waals surface area contributed by atoms with Gasteiger partial charge in [-0.3, -0.25) is 14.9 Å². The molecule has 0 aromatic heterocycles. The van der Waals surface area contributed by atoms with Gasteiger partial charge < -0.3 is 9.64 Å². The molecule has 0 spiro atoms. The number of nitro groups is 1. The molecule has 1 saturated heterocycles. The molecule has 6 heteroatoms. The second kappa shape index (κ2) is 6.86. The van der Waals surface area contributed by atoms with Gasteiger partial charge in [-0.15, -0.1) is 0 Å². The normalized spacial score (nSPS) is 24.8. The van der Waals surface area contributed by atoms with Crippen LogP contribution in [0.1, 0.15) is 43.0 Å². The SMILES string of the molecule is CCCC/C(=C/C12CC1CN(C(=O)c1ccc([N+](=O)[O-])cc1)C2)OC. The van der Waals surface area contributed by atoms with E-state index in [1.54, 1.807) is 7.11 Å². The summed E-state index contributed by atoms with van der Waals surface area (Å²) in [6, 6.07) is 5.84. The van der Waals surface area contributed by atoms with Crippen LogP contribution in [0.3, 0.4) is 0 Å². The van der Waals surface area contributed by atoms with Crippen LogP contribution in [-0.4, -0.2) is 35.9 Å². The van der Waals surface area contributed by atoms with Crippen LogP contribution in [0.4, 0.5) is 5.69 Å². The molecule has 25 heavy (non-hydrogen) atoms. The van der Waals surface area contributed by atoms with E-state index in [2.05, 4.69) is 13.0 Å². The van der Waals surface area contributed by atoms with Crippen molar-refractivity contribution in [3.8, 4) is 0 Å². The minimum Gasteiger partial charge on any atom is -0.501 e. The number of ether oxygens (including phenoxy) is 1. The zero-order chi connectivity index (χ0) is 18.0. The van der Waals surface area contributed by atoms with Gasteiger partial charge in [-0.05, 0) is 37.0 Å². The van der Waals surface area contributed by atoms with Crippen molar-refractivity contribution in [2.45, 2.75) is 32.6 Å². The maximum atomic E-state index is 12.7. The molecule has 2 aliphatic rings. The van der Waals surface area contributed by atoms with Gasteiger partial charge in [0.2, 0.25) is 0 Å². The van der Waals surface area contributed by atoms with Gasteiger partial charge in [-0.2, -0.15) is 0 Å². The first-order valence-corrected chi connectivity index (χ1v) is 8.78. The Kier molecular flexibility index (Phi) is 4.79. The van der Waals surface area contributed by atoms with Crippen LogP contribution in [0.15, 0.2) is 36.1 Å². The van der Waals surface area contributed by atoms with E-state index in [1.165, 1.54) is 24.3 Å². The minimum absolute atomic E-state index is 0.000818. The lowest BCUT2D eigenvalue weighted by Gasteiger charge is -2.20. The number of benzene rings is 1. The van der Waals surface area contributed by atoms with E-state index in [1.807, 2.05) is 4.90 Å². The molecule has 1 saturated carbocycles. The van der Waals surface area contributed by atoms with Crippen LogP contribution in [0.25, 0.3) is 0 Å². The zero-order valence-corrected chi connectivity index (χ0v) is 14.7. The second-order valence-corrected chi connectivity index (χ2v) is 7.04. The van der Waals surface area contributed by atoms with Crippen molar-refractivity contribution in [2.75, 3.05) is 20.2 Å². The fraction of sp³-hybridized carbons (Fsp3) is 0.526. The molecular weight excluding hydrogens is 320 g/mol. The fourth-order valence-corrected chi connectivity index (χ4v) is 3.72. The lowest BCUT2D eigenvalue weighted by molar-refractivity contribution is -0.384. The smallest absolute Gasteiger partial charge is 0.269 e. The Hall–Kier alpha value is -2.37. The van der Waals surface area contributed by atoms with Crippen molar-refractivity contribution >= 4 is 11.6 Å². The summed E-state index contributed by atoms with van der Waals surface area (Å²) in [7, 11) is 1.71. The van der Waals surface area contributed by atoms with Gasteiger partial charge in [0.25, 0.3) is 11.6 Å². The van der Waals surface area contributed by atoms with Gasteiger partial charge in [-0.25, -0.2) is 0 Å². The van der Waals surface area contributed by atoms with Crippen LogP contribution in [0.2, 0.25) is 0 Å². The lowest BCUT2D eigenvalue weighted by Crippen LogP contribution is -2.31. The maximum absolute atomic E-state index is 12.7. The van der Waals surface area contributed by atoms with E-state index in [0.29, 0.717) is 18.0 Å². The Morgan fingerprint density at radius 2 is 2.16 bits per heavy atom. The number of rotatable bonds is 7. The molecule has 0 radical (unpaired) electrons. The van der Waals surface area contributed by atoms with E-state index in [0.717, 1.165) is 38.0 Å². The quantitative estimate of drug-likeness (QED) is 0.429. The molecule has 1 aromatic rings. The highest BCUT2D eigenvalue weighted by atomic mass is 16.6. The first-order chi connectivity index (χ1) is 12.0. The third-order valence-corrected chi connectivity index (χ3v) is 5.31. The highest BCUT2D eigenvalue weighted by Gasteiger charge is 2.59. The van der Waals surface area contributed by atoms with Crippen molar-refractivity contribution < 1.29 is 14.5 Å². The molecule has 1 aliphatic heterocycles. The first-order valence-electron chi connectivity index (χ1n) is 8.78. The van der Waals surface area contributed by atoms with Crippen molar-refractivity contribution in [3.05, 3.63) is 51.8 Å². The van der Waals surface area contributed by atoms with Crippen LogP contribution < -0.4 is 0 Å². The Morgan fingerprint density at radius 3 is 2.76 bits per heavy atom. The molecule has 1 aliphatic carbocycles. The van der Waals surface area contributed by atoms with Crippen molar-refractivity contribution in [3.63, 3.8) is 0 Å². The number of likely N-dealkylation sites (tertiary alicyclic amines) is 1. The number of non-ortho nitro benzene ring substituents is 1. The molecule has 134 valence electrons. The molecule has 3 rings (SSSR count). The van der Waals surface area contributed by atoms with E-state index in [-0.39, 0.29) is 17.0 Å². The van der Waals surface area contributed by atoms with Crippen LogP contribution >= 0.6 is 0 Å². The van der Waals surface area contributed by atoms with Gasteiger partial charge in [0.05, 0.1) is 17.8 Å². The predicted octanol–water partition coefficient (Wildman–Crippen LogP) is 3.78. The van der Waals surface area contributed by atoms with Crippen LogP contribution in [0.5, 0.6) is 0 Å². The molecule has 2 atom stereocenters. The summed E-state index contributed by atoms with van der Waals surface area (Å²) in [4.78, 5) is 24.8. The van der Waals surface area contributed by atoms with Crippen LogP contribution in [-0.2, 0) is 4.74 Å². The average molecular weight is 344 g/mol. The van der Waals surface area contributed by atoms with Crippen molar-refractivity contribution in [2.24, 2.45) is 11.3 Å². The third kappa shape index (κ3) is 3.52. The highest BCUT2D eigenvalue weighted by Crippen LogP contribution is 2.59. The topological polar surface area (TPSA) is 72.7 Å². The molecule has 0 N–H and O–H groups in total. The molecule has 2 fully saturated rings. The highest BCUT2D eigenvalue weighted by molar-refractivity contribution is 5.94. The summed E-state index contributed by atoms with van der Waals surface area (Å²) in [6.45, 7) is 3.61. The van der Waals surface area contributed by atoms with Crippen molar-refractivity contribution in [1.82, 2.24) is 4.90 Å².